The molecule has 3 nitrogen and oxygen atoms in total. The monoisotopic (exact) mass is 317 g/mol. The molecule has 2 heterocycles. The molecule has 21 heavy (non-hydrogen) atoms. The molecule has 0 saturated heterocycles. The first-order valence-electron chi connectivity index (χ1n) is 7.32. The van der Waals surface area contributed by atoms with Crippen molar-refractivity contribution in [2.45, 2.75) is 62.4 Å². The van der Waals surface area contributed by atoms with Gasteiger partial charge in [-0.1, -0.05) is 19.3 Å². The lowest BCUT2D eigenvalue weighted by atomic mass is 10.0. The first-order chi connectivity index (χ1) is 10.0. The third kappa shape index (κ3) is 3.51. The Hall–Kier alpha value is -0.820. The molecule has 7 heteroatoms. The molecule has 3 rings (SSSR count). The summed E-state index contributed by atoms with van der Waals surface area (Å²) >= 11 is 1.70. The molecule has 1 aliphatic carbocycles. The zero-order chi connectivity index (χ0) is 14.9. The van der Waals surface area contributed by atoms with Crippen LogP contribution in [0.25, 0.3) is 0 Å². The van der Waals surface area contributed by atoms with Gasteiger partial charge in [-0.3, -0.25) is 0 Å². The molecular weight excluding hydrogens is 299 g/mol. The Morgan fingerprint density at radius 2 is 1.86 bits per heavy atom. The van der Waals surface area contributed by atoms with Crippen LogP contribution in [-0.2, 0) is 25.0 Å². The van der Waals surface area contributed by atoms with Crippen LogP contribution < -0.4 is 5.32 Å². The van der Waals surface area contributed by atoms with Crippen molar-refractivity contribution in [3.63, 3.8) is 0 Å². The average Bonchev–Trinajstić information content (AvgIpc) is 2.92. The molecule has 0 amide bonds. The minimum atomic E-state index is -4.40. The van der Waals surface area contributed by atoms with E-state index in [1.807, 2.05) is 0 Å². The molecule has 0 aromatic carbocycles. The summed E-state index contributed by atoms with van der Waals surface area (Å²) < 4.78 is 39.3. The summed E-state index contributed by atoms with van der Waals surface area (Å²) in [5.41, 5.74) is -0.0257. The second-order valence-corrected chi connectivity index (χ2v) is 6.87. The van der Waals surface area contributed by atoms with Crippen LogP contribution in [-0.4, -0.2) is 15.2 Å². The molecule has 1 saturated carbocycles. The topological polar surface area (TPSA) is 37.8 Å². The highest BCUT2D eigenvalue weighted by molar-refractivity contribution is 7.99. The Morgan fingerprint density at radius 3 is 2.57 bits per heavy atom. The van der Waals surface area contributed by atoms with Crippen LogP contribution in [0.15, 0.2) is 0 Å². The van der Waals surface area contributed by atoms with Gasteiger partial charge in [-0.05, 0) is 12.8 Å². The lowest BCUT2D eigenvalue weighted by molar-refractivity contribution is -0.142. The maximum absolute atomic E-state index is 13.1. The quantitative estimate of drug-likeness (QED) is 0.923. The fourth-order valence-electron chi connectivity index (χ4n) is 2.94. The van der Waals surface area contributed by atoms with Gasteiger partial charge in [0.05, 0.1) is 11.4 Å². The molecule has 1 aliphatic heterocycles. The van der Waals surface area contributed by atoms with E-state index in [4.69, 9.17) is 0 Å². The highest BCUT2D eigenvalue weighted by Gasteiger charge is 2.38. The SMILES string of the molecule is FC(F)(F)c1nc(CSC2CCCCC2)nc2c1CNC2. The Morgan fingerprint density at radius 1 is 1.10 bits per heavy atom. The number of nitrogens with one attached hydrogen (secondary N) is 1. The first kappa shape index (κ1) is 15.1. The van der Waals surface area contributed by atoms with E-state index in [0.29, 0.717) is 29.1 Å². The Kier molecular flexibility index (Phi) is 4.40. The van der Waals surface area contributed by atoms with Crippen LogP contribution in [0.1, 0.15) is 54.9 Å². The number of halogens is 3. The van der Waals surface area contributed by atoms with Crippen molar-refractivity contribution in [2.24, 2.45) is 0 Å². The highest BCUT2D eigenvalue weighted by Crippen LogP contribution is 2.34. The third-order valence-corrected chi connectivity index (χ3v) is 5.37. The maximum atomic E-state index is 13.1. The Bertz CT molecular complexity index is 513. The van der Waals surface area contributed by atoms with Gasteiger partial charge in [0.15, 0.2) is 5.69 Å². The van der Waals surface area contributed by atoms with Gasteiger partial charge in [0.2, 0.25) is 0 Å². The molecule has 1 aromatic rings. The number of rotatable bonds is 3. The van der Waals surface area contributed by atoms with Gasteiger partial charge in [0, 0.05) is 23.9 Å². The van der Waals surface area contributed by atoms with E-state index in [0.717, 1.165) is 12.8 Å². The average molecular weight is 317 g/mol. The van der Waals surface area contributed by atoms with Crippen LogP contribution in [0.3, 0.4) is 0 Å². The van der Waals surface area contributed by atoms with Gasteiger partial charge in [0.1, 0.15) is 5.82 Å². The summed E-state index contributed by atoms with van der Waals surface area (Å²) in [6.45, 7) is 0.613. The smallest absolute Gasteiger partial charge is 0.307 e. The van der Waals surface area contributed by atoms with Gasteiger partial charge < -0.3 is 5.32 Å². The lowest BCUT2D eigenvalue weighted by Gasteiger charge is -2.20. The molecule has 0 spiro atoms. The van der Waals surface area contributed by atoms with Crippen LogP contribution in [0.5, 0.6) is 0 Å². The summed E-state index contributed by atoms with van der Waals surface area (Å²) in [6.07, 6.45) is 1.63. The minimum Gasteiger partial charge on any atom is -0.307 e. The molecule has 1 N–H and O–H groups in total. The zero-order valence-corrected chi connectivity index (χ0v) is 12.5. The molecule has 0 bridgehead atoms. The largest absolute Gasteiger partial charge is 0.433 e. The van der Waals surface area contributed by atoms with Crippen molar-refractivity contribution >= 4 is 11.8 Å². The third-order valence-electron chi connectivity index (χ3n) is 4.00. The van der Waals surface area contributed by atoms with Crippen molar-refractivity contribution in [2.75, 3.05) is 0 Å². The van der Waals surface area contributed by atoms with E-state index in [1.54, 1.807) is 11.8 Å². The zero-order valence-electron chi connectivity index (χ0n) is 11.7. The molecule has 0 atom stereocenters. The van der Waals surface area contributed by atoms with Gasteiger partial charge in [-0.2, -0.15) is 24.9 Å². The highest BCUT2D eigenvalue weighted by atomic mass is 32.2. The van der Waals surface area contributed by atoms with E-state index >= 15 is 0 Å². The Balaban J connectivity index is 1.76. The van der Waals surface area contributed by atoms with Crippen molar-refractivity contribution in [1.82, 2.24) is 15.3 Å². The number of fused-ring (bicyclic) bond motifs is 1. The van der Waals surface area contributed by atoms with Crippen molar-refractivity contribution in [3.8, 4) is 0 Å². The number of thioether (sulfide) groups is 1. The standard InChI is InChI=1S/C14H18F3N3S/c15-14(16,17)13-10-6-18-7-11(10)19-12(20-13)8-21-9-4-2-1-3-5-9/h9,18H,1-8H2. The van der Waals surface area contributed by atoms with E-state index in [1.165, 1.54) is 19.3 Å². The van der Waals surface area contributed by atoms with Gasteiger partial charge >= 0.3 is 6.18 Å². The number of hydrogen-bond acceptors (Lipinski definition) is 4. The summed E-state index contributed by atoms with van der Waals surface area (Å²) in [6, 6.07) is 0. The molecule has 1 fully saturated rings. The van der Waals surface area contributed by atoms with Crippen molar-refractivity contribution < 1.29 is 13.2 Å². The maximum Gasteiger partial charge on any atom is 0.433 e. The summed E-state index contributed by atoms with van der Waals surface area (Å²) in [5, 5.41) is 3.47. The molecule has 2 aliphatic rings. The van der Waals surface area contributed by atoms with Gasteiger partial charge in [-0.15, -0.1) is 0 Å². The first-order valence-corrected chi connectivity index (χ1v) is 8.37. The van der Waals surface area contributed by atoms with E-state index in [-0.39, 0.29) is 12.1 Å². The predicted octanol–water partition coefficient (Wildman–Crippen LogP) is 3.66. The van der Waals surface area contributed by atoms with E-state index in [2.05, 4.69) is 15.3 Å². The number of hydrogen-bond donors (Lipinski definition) is 1. The number of aromatic nitrogens is 2. The minimum absolute atomic E-state index is 0.209. The molecule has 0 radical (unpaired) electrons. The molecule has 1 aromatic heterocycles. The fraction of sp³-hybridized carbons (Fsp3) is 0.714. The van der Waals surface area contributed by atoms with Crippen LogP contribution in [0.4, 0.5) is 13.2 Å². The number of nitrogens with zero attached hydrogens (tertiary/aromatic N) is 2. The normalized spacial score (nSPS) is 19.8. The summed E-state index contributed by atoms with van der Waals surface area (Å²) in [7, 11) is 0. The molecular formula is C14H18F3N3S. The summed E-state index contributed by atoms with van der Waals surface area (Å²) in [4.78, 5) is 8.12. The summed E-state index contributed by atoms with van der Waals surface area (Å²) in [5.74, 6) is 0.793. The van der Waals surface area contributed by atoms with Crippen LogP contribution in [0, 0.1) is 0 Å². The fourth-order valence-corrected chi connectivity index (χ4v) is 4.12. The Labute approximate surface area is 126 Å². The second-order valence-electron chi connectivity index (χ2n) is 5.59. The molecule has 116 valence electrons. The predicted molar refractivity (Wildman–Crippen MR) is 75.7 cm³/mol. The van der Waals surface area contributed by atoms with Crippen molar-refractivity contribution in [1.29, 1.82) is 0 Å². The van der Waals surface area contributed by atoms with E-state index in [9.17, 15) is 13.2 Å². The van der Waals surface area contributed by atoms with Crippen LogP contribution >= 0.6 is 11.8 Å². The van der Waals surface area contributed by atoms with Gasteiger partial charge in [0.25, 0.3) is 0 Å². The number of alkyl halides is 3. The van der Waals surface area contributed by atoms with Crippen LogP contribution in [0.2, 0.25) is 0 Å². The van der Waals surface area contributed by atoms with Gasteiger partial charge in [-0.25, -0.2) is 9.97 Å². The second kappa shape index (κ2) is 6.12. The molecule has 0 unspecified atom stereocenters. The lowest BCUT2D eigenvalue weighted by Crippen LogP contribution is -2.16. The van der Waals surface area contributed by atoms with Crippen molar-refractivity contribution in [3.05, 3.63) is 22.8 Å². The van der Waals surface area contributed by atoms with E-state index < -0.39 is 11.9 Å².